The molecule has 3 heterocycles. The van der Waals surface area contributed by atoms with Gasteiger partial charge < -0.3 is 18.9 Å². The Balaban J connectivity index is 1.60. The molecule has 3 aromatic carbocycles. The average Bonchev–Trinajstić information content (AvgIpc) is 3.26. The first kappa shape index (κ1) is 24.0. The summed E-state index contributed by atoms with van der Waals surface area (Å²) in [6.45, 7) is 0.204. The molecule has 2 aliphatic rings. The van der Waals surface area contributed by atoms with Crippen molar-refractivity contribution in [2.24, 2.45) is 4.99 Å². The minimum absolute atomic E-state index is 0.180. The molecule has 0 bridgehead atoms. The maximum Gasteiger partial charge on any atom is 0.271 e. The third-order valence-electron chi connectivity index (χ3n) is 6.65. The van der Waals surface area contributed by atoms with E-state index < -0.39 is 6.04 Å². The Bertz CT molecular complexity index is 1770. The molecule has 38 heavy (non-hydrogen) atoms. The van der Waals surface area contributed by atoms with Gasteiger partial charge >= 0.3 is 0 Å². The molecule has 0 saturated carbocycles. The molecule has 1 aromatic heterocycles. The van der Waals surface area contributed by atoms with E-state index in [2.05, 4.69) is 0 Å². The second-order valence-electron chi connectivity index (χ2n) is 8.77. The van der Waals surface area contributed by atoms with Crippen molar-refractivity contribution in [1.29, 1.82) is 0 Å². The Morgan fingerprint density at radius 3 is 2.53 bits per heavy atom. The zero-order valence-corrected chi connectivity index (χ0v) is 21.7. The Labute approximate surface area is 221 Å². The molecule has 6 rings (SSSR count). The number of benzene rings is 3. The lowest BCUT2D eigenvalue weighted by atomic mass is 9.92. The SMILES string of the molecule is COc1ccc(/C=c2/sc3n(c2=O)C(c2ccc(OC)c(OC)c2)C2=C(N=3)c3cc(F)ccc3OC2)cc1. The van der Waals surface area contributed by atoms with Crippen LogP contribution in [0.5, 0.6) is 23.0 Å². The average molecular weight is 531 g/mol. The van der Waals surface area contributed by atoms with E-state index in [0.29, 0.717) is 37.8 Å². The molecule has 0 fully saturated rings. The highest BCUT2D eigenvalue weighted by atomic mass is 32.1. The summed E-state index contributed by atoms with van der Waals surface area (Å²) in [5.41, 5.74) is 3.41. The van der Waals surface area contributed by atoms with Gasteiger partial charge in [0, 0.05) is 11.1 Å². The zero-order valence-electron chi connectivity index (χ0n) is 20.9. The van der Waals surface area contributed by atoms with Crippen molar-refractivity contribution in [3.05, 3.63) is 108 Å². The maximum absolute atomic E-state index is 14.3. The van der Waals surface area contributed by atoms with E-state index in [1.165, 1.54) is 23.5 Å². The van der Waals surface area contributed by atoms with Gasteiger partial charge in [0.05, 0.1) is 37.6 Å². The first-order valence-corrected chi connectivity index (χ1v) is 12.7. The van der Waals surface area contributed by atoms with Gasteiger partial charge in [-0.3, -0.25) is 9.36 Å². The fraction of sp³-hybridized carbons (Fsp3) is 0.172. The lowest BCUT2D eigenvalue weighted by Gasteiger charge is -2.31. The van der Waals surface area contributed by atoms with E-state index >= 15 is 0 Å². The van der Waals surface area contributed by atoms with E-state index in [0.717, 1.165) is 22.4 Å². The molecule has 2 aliphatic heterocycles. The van der Waals surface area contributed by atoms with Gasteiger partial charge in [0.25, 0.3) is 5.56 Å². The highest BCUT2D eigenvalue weighted by Gasteiger charge is 2.34. The van der Waals surface area contributed by atoms with Crippen LogP contribution in [-0.2, 0) is 0 Å². The van der Waals surface area contributed by atoms with Gasteiger partial charge in [0.1, 0.15) is 23.9 Å². The van der Waals surface area contributed by atoms with Crippen molar-refractivity contribution in [1.82, 2.24) is 4.57 Å². The fourth-order valence-electron chi connectivity index (χ4n) is 4.82. The second kappa shape index (κ2) is 9.50. The summed E-state index contributed by atoms with van der Waals surface area (Å²) in [5.74, 6) is 2.01. The molecule has 4 aromatic rings. The van der Waals surface area contributed by atoms with Crippen LogP contribution in [0, 0.1) is 5.82 Å². The molecule has 0 N–H and O–H groups in total. The molecule has 0 spiro atoms. The van der Waals surface area contributed by atoms with Crippen molar-refractivity contribution < 1.29 is 23.3 Å². The van der Waals surface area contributed by atoms with Gasteiger partial charge in [0.2, 0.25) is 0 Å². The van der Waals surface area contributed by atoms with Crippen LogP contribution in [0.25, 0.3) is 11.8 Å². The van der Waals surface area contributed by atoms with Gasteiger partial charge in [-0.25, -0.2) is 9.38 Å². The van der Waals surface area contributed by atoms with Crippen molar-refractivity contribution in [3.63, 3.8) is 0 Å². The number of aromatic nitrogens is 1. The summed E-state index contributed by atoms with van der Waals surface area (Å²) < 4.78 is 38.7. The first-order chi connectivity index (χ1) is 18.5. The highest BCUT2D eigenvalue weighted by Crippen LogP contribution is 2.42. The van der Waals surface area contributed by atoms with Crippen LogP contribution in [0.15, 0.2) is 76.0 Å². The maximum atomic E-state index is 14.3. The number of rotatable bonds is 5. The van der Waals surface area contributed by atoms with Crippen molar-refractivity contribution in [2.75, 3.05) is 27.9 Å². The molecule has 1 unspecified atom stereocenters. The third kappa shape index (κ3) is 3.95. The zero-order chi connectivity index (χ0) is 26.4. The normalized spacial score (nSPS) is 16.1. The molecule has 0 saturated heterocycles. The Kier molecular flexibility index (Phi) is 6.00. The minimum Gasteiger partial charge on any atom is -0.497 e. The Morgan fingerprint density at radius 2 is 1.79 bits per heavy atom. The standard InChI is InChI=1S/C29H23FN2O5S/c1-34-19-8-4-16(5-9-19)12-25-28(33)32-27(17-6-10-23(35-2)24(13-17)36-3)21-15-37-22-11-7-18(30)14-20(22)26(21)31-29(32)38-25/h4-14,27H,15H2,1-3H3/b25-12+. The largest absolute Gasteiger partial charge is 0.497 e. The Hall–Kier alpha value is -4.37. The summed E-state index contributed by atoms with van der Waals surface area (Å²) in [6.07, 6.45) is 1.84. The topological polar surface area (TPSA) is 71.3 Å². The minimum atomic E-state index is -0.532. The third-order valence-corrected chi connectivity index (χ3v) is 7.64. The lowest BCUT2D eigenvalue weighted by Crippen LogP contribution is -2.39. The van der Waals surface area contributed by atoms with Crippen LogP contribution < -0.4 is 33.8 Å². The molecule has 1 atom stereocenters. The number of halogens is 1. The summed E-state index contributed by atoms with van der Waals surface area (Å²) in [7, 11) is 4.74. The molecular weight excluding hydrogens is 507 g/mol. The molecule has 0 amide bonds. The molecule has 7 nitrogen and oxygen atoms in total. The van der Waals surface area contributed by atoms with E-state index in [1.807, 2.05) is 42.5 Å². The van der Waals surface area contributed by atoms with Gasteiger partial charge in [0.15, 0.2) is 16.3 Å². The molecule has 192 valence electrons. The van der Waals surface area contributed by atoms with Crippen LogP contribution >= 0.6 is 11.3 Å². The number of hydrogen-bond donors (Lipinski definition) is 0. The second-order valence-corrected chi connectivity index (χ2v) is 9.78. The van der Waals surface area contributed by atoms with Crippen molar-refractivity contribution in [3.8, 4) is 23.0 Å². The molecule has 9 heteroatoms. The summed E-state index contributed by atoms with van der Waals surface area (Å²) in [6, 6.07) is 16.9. The van der Waals surface area contributed by atoms with E-state index in [-0.39, 0.29) is 18.0 Å². The van der Waals surface area contributed by atoms with Crippen LogP contribution in [0.1, 0.15) is 22.7 Å². The number of nitrogens with zero attached hydrogens (tertiary/aromatic N) is 2. The molecule has 0 radical (unpaired) electrons. The van der Waals surface area contributed by atoms with Crippen molar-refractivity contribution >= 4 is 23.1 Å². The quantitative estimate of drug-likeness (QED) is 0.391. The predicted octanol–water partition coefficient (Wildman–Crippen LogP) is 3.93. The van der Waals surface area contributed by atoms with E-state index in [4.69, 9.17) is 23.9 Å². The smallest absolute Gasteiger partial charge is 0.271 e. The predicted molar refractivity (Wildman–Crippen MR) is 142 cm³/mol. The van der Waals surface area contributed by atoms with Crippen LogP contribution in [0.4, 0.5) is 4.39 Å². The number of fused-ring (bicyclic) bond motifs is 3. The fourth-order valence-corrected chi connectivity index (χ4v) is 5.82. The monoisotopic (exact) mass is 530 g/mol. The van der Waals surface area contributed by atoms with Crippen LogP contribution in [0.2, 0.25) is 0 Å². The molecular formula is C29H23FN2O5S. The summed E-state index contributed by atoms with van der Waals surface area (Å²) >= 11 is 1.29. The van der Waals surface area contributed by atoms with Gasteiger partial charge in [-0.2, -0.15) is 0 Å². The van der Waals surface area contributed by atoms with Crippen molar-refractivity contribution in [2.45, 2.75) is 6.04 Å². The van der Waals surface area contributed by atoms with Crippen LogP contribution in [-0.4, -0.2) is 32.5 Å². The Morgan fingerprint density at radius 1 is 1.00 bits per heavy atom. The summed E-state index contributed by atoms with van der Waals surface area (Å²) in [5, 5.41) is 0. The van der Waals surface area contributed by atoms with E-state index in [1.54, 1.807) is 38.0 Å². The first-order valence-electron chi connectivity index (χ1n) is 11.8. The lowest BCUT2D eigenvalue weighted by molar-refractivity contribution is 0.327. The number of hydrogen-bond acceptors (Lipinski definition) is 7. The number of methoxy groups -OCH3 is 3. The summed E-state index contributed by atoms with van der Waals surface area (Å²) in [4.78, 5) is 19.2. The number of ether oxygens (including phenoxy) is 4. The van der Waals surface area contributed by atoms with E-state index in [9.17, 15) is 9.18 Å². The van der Waals surface area contributed by atoms with Gasteiger partial charge in [-0.05, 0) is 59.7 Å². The van der Waals surface area contributed by atoms with Crippen LogP contribution in [0.3, 0.4) is 0 Å². The number of thiazole rings is 1. The van der Waals surface area contributed by atoms with Gasteiger partial charge in [-0.1, -0.05) is 29.5 Å². The van der Waals surface area contributed by atoms with Gasteiger partial charge in [-0.15, -0.1) is 0 Å². The molecule has 0 aliphatic carbocycles. The highest BCUT2D eigenvalue weighted by molar-refractivity contribution is 7.07.